The monoisotopic (exact) mass is 486 g/mol. The second kappa shape index (κ2) is 11.1. The molecule has 4 rings (SSSR count). The molecule has 0 spiro atoms. The van der Waals surface area contributed by atoms with Gasteiger partial charge in [0.15, 0.2) is 0 Å². The number of imidazole rings is 2. The number of nitrogens with zero attached hydrogens (tertiary/aromatic N) is 3. The summed E-state index contributed by atoms with van der Waals surface area (Å²) in [4.78, 5) is 66.2. The van der Waals surface area contributed by atoms with E-state index >= 15 is 0 Å². The molecule has 35 heavy (non-hydrogen) atoms. The number of H-pyrrole nitrogens is 2. The van der Waals surface area contributed by atoms with Crippen LogP contribution in [0.5, 0.6) is 0 Å². The topological polar surface area (TPSA) is 185 Å². The third kappa shape index (κ3) is 6.04. The van der Waals surface area contributed by atoms with Crippen molar-refractivity contribution in [1.82, 2.24) is 40.8 Å². The van der Waals surface area contributed by atoms with E-state index in [0.29, 0.717) is 37.2 Å². The predicted molar refractivity (Wildman–Crippen MR) is 122 cm³/mol. The molecule has 4 atom stereocenters. The quantitative estimate of drug-likeness (QED) is 0.240. The minimum atomic E-state index is -1.18. The molecule has 0 saturated carbocycles. The second-order valence-corrected chi connectivity index (χ2v) is 8.86. The van der Waals surface area contributed by atoms with Crippen molar-refractivity contribution in [3.8, 4) is 0 Å². The van der Waals surface area contributed by atoms with Crippen molar-refractivity contribution >= 4 is 23.7 Å². The number of likely N-dealkylation sites (tertiary alicyclic amines) is 1. The van der Waals surface area contributed by atoms with Crippen LogP contribution in [0.15, 0.2) is 25.0 Å². The van der Waals surface area contributed by atoms with Crippen LogP contribution in [0.2, 0.25) is 0 Å². The fourth-order valence-electron chi connectivity index (χ4n) is 4.58. The van der Waals surface area contributed by atoms with Crippen LogP contribution in [-0.2, 0) is 32.0 Å². The zero-order chi connectivity index (χ0) is 24.8. The Kier molecular flexibility index (Phi) is 7.75. The number of aliphatic carboxylic acids is 1. The van der Waals surface area contributed by atoms with Crippen LogP contribution in [0, 0.1) is 0 Å². The van der Waals surface area contributed by atoms with Crippen molar-refractivity contribution in [2.24, 2.45) is 0 Å². The molecule has 13 heteroatoms. The minimum Gasteiger partial charge on any atom is -0.480 e. The third-order valence-electron chi connectivity index (χ3n) is 6.40. The van der Waals surface area contributed by atoms with Crippen LogP contribution < -0.4 is 16.0 Å². The molecule has 4 heterocycles. The fourth-order valence-corrected chi connectivity index (χ4v) is 4.58. The van der Waals surface area contributed by atoms with Gasteiger partial charge < -0.3 is 35.9 Å². The summed E-state index contributed by atoms with van der Waals surface area (Å²) in [6, 6.07) is -3.24. The number of carbonyl (C=O) groups excluding carboxylic acids is 3. The number of carboxylic acid groups (broad SMARTS) is 1. The summed E-state index contributed by atoms with van der Waals surface area (Å²) in [5.74, 6) is -2.36. The maximum atomic E-state index is 13.6. The minimum absolute atomic E-state index is 0.0363. The molecular formula is C22H30N8O5. The normalized spacial score (nSPS) is 21.4. The highest BCUT2D eigenvalue weighted by atomic mass is 16.4. The Hall–Kier alpha value is -3.74. The van der Waals surface area contributed by atoms with E-state index < -0.39 is 30.0 Å². The van der Waals surface area contributed by atoms with E-state index in [-0.39, 0.29) is 30.7 Å². The summed E-state index contributed by atoms with van der Waals surface area (Å²) in [6.07, 6.45) is 8.82. The van der Waals surface area contributed by atoms with E-state index in [0.717, 1.165) is 13.0 Å². The summed E-state index contributed by atoms with van der Waals surface area (Å²) in [5.41, 5.74) is 1.24. The van der Waals surface area contributed by atoms with E-state index in [2.05, 4.69) is 35.9 Å². The number of aromatic amines is 2. The fraction of sp³-hybridized carbons (Fsp3) is 0.545. The molecule has 2 aromatic heterocycles. The Labute approximate surface area is 201 Å². The maximum absolute atomic E-state index is 13.6. The molecule has 2 saturated heterocycles. The number of aromatic nitrogens is 4. The van der Waals surface area contributed by atoms with Crippen LogP contribution in [0.4, 0.5) is 0 Å². The molecule has 0 aliphatic carbocycles. The zero-order valence-electron chi connectivity index (χ0n) is 19.2. The Morgan fingerprint density at radius 3 is 2.20 bits per heavy atom. The molecule has 2 aliphatic heterocycles. The van der Waals surface area contributed by atoms with Crippen molar-refractivity contribution < 1.29 is 24.3 Å². The highest BCUT2D eigenvalue weighted by molar-refractivity contribution is 5.94. The van der Waals surface area contributed by atoms with Crippen LogP contribution in [0.1, 0.15) is 37.1 Å². The largest absolute Gasteiger partial charge is 0.480 e. The van der Waals surface area contributed by atoms with Crippen molar-refractivity contribution in [1.29, 1.82) is 0 Å². The van der Waals surface area contributed by atoms with Gasteiger partial charge in [0, 0.05) is 43.2 Å². The molecule has 13 nitrogen and oxygen atoms in total. The summed E-state index contributed by atoms with van der Waals surface area (Å²) in [7, 11) is 0. The lowest BCUT2D eigenvalue weighted by molar-refractivity contribution is -0.145. The lowest BCUT2D eigenvalue weighted by Crippen LogP contribution is -2.57. The van der Waals surface area contributed by atoms with Gasteiger partial charge in [0.1, 0.15) is 18.1 Å². The lowest BCUT2D eigenvalue weighted by Gasteiger charge is -2.30. The van der Waals surface area contributed by atoms with Gasteiger partial charge in [0.2, 0.25) is 17.7 Å². The van der Waals surface area contributed by atoms with Crippen LogP contribution in [0.25, 0.3) is 0 Å². The molecule has 0 bridgehead atoms. The van der Waals surface area contributed by atoms with Gasteiger partial charge in [-0.05, 0) is 32.2 Å². The average Bonchev–Trinajstić information content (AvgIpc) is 3.64. The van der Waals surface area contributed by atoms with E-state index in [1.54, 1.807) is 6.20 Å². The molecule has 0 unspecified atom stereocenters. The van der Waals surface area contributed by atoms with Crippen LogP contribution in [0.3, 0.4) is 0 Å². The van der Waals surface area contributed by atoms with Gasteiger partial charge in [0.05, 0.1) is 18.7 Å². The highest BCUT2D eigenvalue weighted by Crippen LogP contribution is 2.20. The molecule has 3 amide bonds. The zero-order valence-corrected chi connectivity index (χ0v) is 19.2. The first-order chi connectivity index (χ1) is 16.9. The van der Waals surface area contributed by atoms with Crippen LogP contribution in [-0.4, -0.2) is 90.9 Å². The number of amides is 3. The Bertz CT molecular complexity index is 1020. The molecule has 2 fully saturated rings. The summed E-state index contributed by atoms with van der Waals surface area (Å²) < 4.78 is 0. The van der Waals surface area contributed by atoms with Crippen molar-refractivity contribution in [3.05, 3.63) is 36.4 Å². The summed E-state index contributed by atoms with van der Waals surface area (Å²) >= 11 is 0. The summed E-state index contributed by atoms with van der Waals surface area (Å²) in [6.45, 7) is 1.08. The van der Waals surface area contributed by atoms with Gasteiger partial charge in [-0.15, -0.1) is 0 Å². The maximum Gasteiger partial charge on any atom is 0.326 e. The van der Waals surface area contributed by atoms with E-state index in [1.165, 1.54) is 23.8 Å². The first kappa shape index (κ1) is 24.4. The SMILES string of the molecule is O=C(O)[C@H](Cc1cnc[nH]1)NC(=O)[C@@H]1CCCN1C(=O)[C@H](Cc1cnc[nH]1)NC(=O)[C@@H]1CCCN1. The van der Waals surface area contributed by atoms with Crippen LogP contribution >= 0.6 is 0 Å². The Balaban J connectivity index is 1.45. The third-order valence-corrected chi connectivity index (χ3v) is 6.40. The molecule has 0 aromatic carbocycles. The molecular weight excluding hydrogens is 456 g/mol. The van der Waals surface area contributed by atoms with Gasteiger partial charge >= 0.3 is 5.97 Å². The van der Waals surface area contributed by atoms with Gasteiger partial charge in [0.25, 0.3) is 0 Å². The van der Waals surface area contributed by atoms with Gasteiger partial charge in [-0.25, -0.2) is 14.8 Å². The first-order valence-electron chi connectivity index (χ1n) is 11.7. The standard InChI is InChI=1S/C22H30N8O5/c31-19(15-3-1-5-25-15)28-16(7-13-9-23-11-26-13)21(33)30-6-2-4-18(30)20(32)29-17(22(34)35)8-14-10-24-12-27-14/h9-12,15-18,25H,1-8H2,(H,23,26)(H,24,27)(H,28,31)(H,29,32)(H,34,35)/t15-,16-,17-,18-/m0/s1. The van der Waals surface area contributed by atoms with Crippen molar-refractivity contribution in [2.75, 3.05) is 13.1 Å². The molecule has 2 aromatic rings. The van der Waals surface area contributed by atoms with Gasteiger partial charge in [-0.3, -0.25) is 14.4 Å². The second-order valence-electron chi connectivity index (χ2n) is 8.86. The smallest absolute Gasteiger partial charge is 0.326 e. The van der Waals surface area contributed by atoms with E-state index in [9.17, 15) is 24.3 Å². The Morgan fingerprint density at radius 2 is 1.63 bits per heavy atom. The Morgan fingerprint density at radius 1 is 0.971 bits per heavy atom. The molecule has 2 aliphatic rings. The number of carboxylic acids is 1. The number of hydrogen-bond donors (Lipinski definition) is 6. The number of hydrogen-bond acceptors (Lipinski definition) is 7. The number of rotatable bonds is 10. The van der Waals surface area contributed by atoms with Gasteiger partial charge in [-0.1, -0.05) is 0 Å². The summed E-state index contributed by atoms with van der Waals surface area (Å²) in [5, 5.41) is 18.1. The average molecular weight is 487 g/mol. The molecule has 188 valence electrons. The highest BCUT2D eigenvalue weighted by Gasteiger charge is 2.39. The first-order valence-corrected chi connectivity index (χ1v) is 11.7. The number of carbonyl (C=O) groups is 4. The molecule has 6 N–H and O–H groups in total. The lowest BCUT2D eigenvalue weighted by atomic mass is 10.1. The van der Waals surface area contributed by atoms with Crippen molar-refractivity contribution in [3.63, 3.8) is 0 Å². The van der Waals surface area contributed by atoms with Crippen molar-refractivity contribution in [2.45, 2.75) is 62.7 Å². The van der Waals surface area contributed by atoms with E-state index in [4.69, 9.17) is 0 Å². The molecule has 0 radical (unpaired) electrons. The van der Waals surface area contributed by atoms with Gasteiger partial charge in [-0.2, -0.15) is 0 Å². The van der Waals surface area contributed by atoms with E-state index in [1.807, 2.05) is 0 Å². The predicted octanol–water partition coefficient (Wildman–Crippen LogP) is -1.28. The number of nitrogens with one attached hydrogen (secondary N) is 5.